The van der Waals surface area contributed by atoms with Gasteiger partial charge < -0.3 is 15.0 Å². The maximum atomic E-state index is 12.0. The summed E-state index contributed by atoms with van der Waals surface area (Å²) in [4.78, 5) is 13.9. The average molecular weight is 240 g/mol. The van der Waals surface area contributed by atoms with Crippen LogP contribution in [0.2, 0.25) is 0 Å². The van der Waals surface area contributed by atoms with Gasteiger partial charge in [-0.1, -0.05) is 13.8 Å². The number of carbonyl (C=O) groups excluding carboxylic acids is 1. The van der Waals surface area contributed by atoms with Gasteiger partial charge in [0.1, 0.15) is 6.61 Å². The fourth-order valence-corrected chi connectivity index (χ4v) is 2.58. The van der Waals surface area contributed by atoms with E-state index in [-0.39, 0.29) is 18.6 Å². The molecule has 2 heterocycles. The Morgan fingerprint density at radius 1 is 1.24 bits per heavy atom. The molecule has 0 aliphatic carbocycles. The molecule has 0 aromatic heterocycles. The van der Waals surface area contributed by atoms with Crippen LogP contribution in [0.25, 0.3) is 0 Å². The first-order chi connectivity index (χ1) is 8.16. The van der Waals surface area contributed by atoms with E-state index >= 15 is 0 Å². The van der Waals surface area contributed by atoms with Crippen LogP contribution in [0.3, 0.4) is 0 Å². The molecule has 17 heavy (non-hydrogen) atoms. The molecule has 2 aliphatic rings. The largest absolute Gasteiger partial charge is 0.368 e. The van der Waals surface area contributed by atoms with Crippen LogP contribution in [0, 0.1) is 11.8 Å². The molecular weight excluding hydrogens is 216 g/mol. The molecule has 2 saturated heterocycles. The molecule has 2 aliphatic heterocycles. The van der Waals surface area contributed by atoms with Crippen molar-refractivity contribution >= 4 is 5.91 Å². The molecule has 4 heteroatoms. The Morgan fingerprint density at radius 2 is 1.82 bits per heavy atom. The third-order valence-corrected chi connectivity index (χ3v) is 4.07. The van der Waals surface area contributed by atoms with E-state index < -0.39 is 0 Å². The third kappa shape index (κ3) is 3.42. The standard InChI is InChI=1S/C13H24N2O2/c1-10-7-15(8-11(10)2)13(16)9-17-12-3-5-14-6-4-12/h10-12,14H,3-9H2,1-2H3. The summed E-state index contributed by atoms with van der Waals surface area (Å²) in [5, 5.41) is 3.29. The Balaban J connectivity index is 1.70. The Hall–Kier alpha value is -0.610. The molecule has 0 radical (unpaired) electrons. The molecule has 2 unspecified atom stereocenters. The summed E-state index contributed by atoms with van der Waals surface area (Å²) in [6.45, 7) is 8.51. The lowest BCUT2D eigenvalue weighted by molar-refractivity contribution is -0.137. The molecule has 0 saturated carbocycles. The first-order valence-electron chi connectivity index (χ1n) is 6.77. The van der Waals surface area contributed by atoms with Crippen molar-refractivity contribution in [2.24, 2.45) is 11.8 Å². The van der Waals surface area contributed by atoms with E-state index in [1.807, 2.05) is 4.90 Å². The van der Waals surface area contributed by atoms with Gasteiger partial charge in [0.15, 0.2) is 0 Å². The van der Waals surface area contributed by atoms with Crippen LogP contribution >= 0.6 is 0 Å². The lowest BCUT2D eigenvalue weighted by Gasteiger charge is -2.24. The van der Waals surface area contributed by atoms with Crippen molar-refractivity contribution in [3.05, 3.63) is 0 Å². The highest BCUT2D eigenvalue weighted by molar-refractivity contribution is 5.77. The van der Waals surface area contributed by atoms with Crippen LogP contribution in [-0.2, 0) is 9.53 Å². The van der Waals surface area contributed by atoms with Gasteiger partial charge in [0, 0.05) is 13.1 Å². The Kier molecular flexibility index (Phi) is 4.40. The predicted molar refractivity (Wildman–Crippen MR) is 66.8 cm³/mol. The maximum absolute atomic E-state index is 12.0. The predicted octanol–water partition coefficient (Wildman–Crippen LogP) is 0.869. The molecule has 1 amide bonds. The number of nitrogens with zero attached hydrogens (tertiary/aromatic N) is 1. The fourth-order valence-electron chi connectivity index (χ4n) is 2.58. The van der Waals surface area contributed by atoms with Gasteiger partial charge in [0.25, 0.3) is 0 Å². The number of nitrogens with one attached hydrogen (secondary N) is 1. The quantitative estimate of drug-likeness (QED) is 0.796. The van der Waals surface area contributed by atoms with Crippen molar-refractivity contribution in [1.82, 2.24) is 10.2 Å². The summed E-state index contributed by atoms with van der Waals surface area (Å²) in [5.41, 5.74) is 0. The van der Waals surface area contributed by atoms with E-state index in [9.17, 15) is 4.79 Å². The van der Waals surface area contributed by atoms with E-state index in [2.05, 4.69) is 19.2 Å². The molecule has 0 aromatic rings. The topological polar surface area (TPSA) is 41.6 Å². The van der Waals surface area contributed by atoms with Crippen molar-refractivity contribution < 1.29 is 9.53 Å². The molecule has 2 fully saturated rings. The van der Waals surface area contributed by atoms with Crippen molar-refractivity contribution in [2.45, 2.75) is 32.8 Å². The number of hydrogen-bond acceptors (Lipinski definition) is 3. The van der Waals surface area contributed by atoms with Crippen molar-refractivity contribution in [3.8, 4) is 0 Å². The van der Waals surface area contributed by atoms with Gasteiger partial charge in [-0.15, -0.1) is 0 Å². The van der Waals surface area contributed by atoms with Crippen molar-refractivity contribution in [1.29, 1.82) is 0 Å². The maximum Gasteiger partial charge on any atom is 0.248 e. The van der Waals surface area contributed by atoms with Gasteiger partial charge in [0.05, 0.1) is 6.10 Å². The number of rotatable bonds is 3. The van der Waals surface area contributed by atoms with E-state index in [0.717, 1.165) is 39.0 Å². The number of carbonyl (C=O) groups is 1. The second kappa shape index (κ2) is 5.83. The molecule has 0 spiro atoms. The van der Waals surface area contributed by atoms with Gasteiger partial charge in [-0.25, -0.2) is 0 Å². The van der Waals surface area contributed by atoms with Crippen LogP contribution in [0.1, 0.15) is 26.7 Å². The highest BCUT2D eigenvalue weighted by atomic mass is 16.5. The molecule has 4 nitrogen and oxygen atoms in total. The lowest BCUT2D eigenvalue weighted by atomic mass is 10.0. The second-order valence-corrected chi connectivity index (χ2v) is 5.51. The number of likely N-dealkylation sites (tertiary alicyclic amines) is 1. The van der Waals surface area contributed by atoms with E-state index in [1.165, 1.54) is 0 Å². The SMILES string of the molecule is CC1CN(C(=O)COC2CCNCC2)CC1C. The summed E-state index contributed by atoms with van der Waals surface area (Å²) in [5.74, 6) is 1.41. The molecule has 2 atom stereocenters. The van der Waals surface area contributed by atoms with Crippen LogP contribution in [0.15, 0.2) is 0 Å². The van der Waals surface area contributed by atoms with Crippen LogP contribution in [0.5, 0.6) is 0 Å². The highest BCUT2D eigenvalue weighted by Crippen LogP contribution is 2.22. The van der Waals surface area contributed by atoms with Crippen LogP contribution in [-0.4, -0.2) is 49.7 Å². The zero-order valence-electron chi connectivity index (χ0n) is 10.9. The minimum absolute atomic E-state index is 0.166. The zero-order chi connectivity index (χ0) is 12.3. The summed E-state index contributed by atoms with van der Waals surface area (Å²) in [6.07, 6.45) is 2.33. The lowest BCUT2D eigenvalue weighted by Crippen LogP contribution is -2.37. The second-order valence-electron chi connectivity index (χ2n) is 5.51. The minimum Gasteiger partial charge on any atom is -0.368 e. The number of piperidine rings is 1. The molecule has 2 rings (SSSR count). The molecule has 98 valence electrons. The number of hydrogen-bond donors (Lipinski definition) is 1. The molecule has 0 bridgehead atoms. The van der Waals surface area contributed by atoms with Gasteiger partial charge in [0.2, 0.25) is 5.91 Å². The van der Waals surface area contributed by atoms with Gasteiger partial charge in [-0.3, -0.25) is 4.79 Å². The van der Waals surface area contributed by atoms with E-state index in [4.69, 9.17) is 4.74 Å². The number of ether oxygens (including phenoxy) is 1. The van der Waals surface area contributed by atoms with Crippen LogP contribution in [0.4, 0.5) is 0 Å². The summed E-state index contributed by atoms with van der Waals surface area (Å²) >= 11 is 0. The van der Waals surface area contributed by atoms with E-state index in [1.54, 1.807) is 0 Å². The number of amides is 1. The molecule has 0 aromatic carbocycles. The average Bonchev–Trinajstić information content (AvgIpc) is 2.68. The van der Waals surface area contributed by atoms with Crippen molar-refractivity contribution in [3.63, 3.8) is 0 Å². The van der Waals surface area contributed by atoms with Crippen LogP contribution < -0.4 is 5.32 Å². The summed E-state index contributed by atoms with van der Waals surface area (Å²) in [6, 6.07) is 0. The smallest absolute Gasteiger partial charge is 0.248 e. The third-order valence-electron chi connectivity index (χ3n) is 4.07. The first-order valence-corrected chi connectivity index (χ1v) is 6.77. The summed E-state index contributed by atoms with van der Waals surface area (Å²) < 4.78 is 5.70. The fraction of sp³-hybridized carbons (Fsp3) is 0.923. The Morgan fingerprint density at radius 3 is 2.41 bits per heavy atom. The summed E-state index contributed by atoms with van der Waals surface area (Å²) in [7, 11) is 0. The van der Waals surface area contributed by atoms with Crippen molar-refractivity contribution in [2.75, 3.05) is 32.8 Å². The normalized spacial score (nSPS) is 30.8. The van der Waals surface area contributed by atoms with Gasteiger partial charge in [-0.05, 0) is 37.8 Å². The van der Waals surface area contributed by atoms with Gasteiger partial charge >= 0.3 is 0 Å². The van der Waals surface area contributed by atoms with E-state index in [0.29, 0.717) is 11.8 Å². The zero-order valence-corrected chi connectivity index (χ0v) is 10.9. The monoisotopic (exact) mass is 240 g/mol. The minimum atomic E-state index is 0.166. The molecular formula is C13H24N2O2. The molecule has 1 N–H and O–H groups in total. The Labute approximate surface area is 104 Å². The van der Waals surface area contributed by atoms with Gasteiger partial charge in [-0.2, -0.15) is 0 Å². The first kappa shape index (κ1) is 12.8. The Bertz CT molecular complexity index is 254. The highest BCUT2D eigenvalue weighted by Gasteiger charge is 2.29.